The van der Waals surface area contributed by atoms with Crippen LogP contribution in [0.15, 0.2) is 85.9 Å². The number of anilines is 1. The molecule has 0 aliphatic heterocycles. The first kappa shape index (κ1) is 23.3. The van der Waals surface area contributed by atoms with Crippen LogP contribution in [0.3, 0.4) is 0 Å². The van der Waals surface area contributed by atoms with Crippen molar-refractivity contribution in [3.8, 4) is 33.8 Å². The van der Waals surface area contributed by atoms with Gasteiger partial charge >= 0.3 is 0 Å². The molecule has 192 valence electrons. The molecule has 0 unspecified atom stereocenters. The Bertz CT molecular complexity index is 1790. The summed E-state index contributed by atoms with van der Waals surface area (Å²) in [4.78, 5) is 21.5. The monoisotopic (exact) mass is 512 g/mol. The van der Waals surface area contributed by atoms with Gasteiger partial charge < -0.3 is 10.3 Å². The van der Waals surface area contributed by atoms with E-state index < -0.39 is 0 Å². The smallest absolute Gasteiger partial charge is 0.181 e. The maximum Gasteiger partial charge on any atom is 0.181 e. The molecule has 3 N–H and O–H groups in total. The third-order valence-electron chi connectivity index (χ3n) is 7.66. The van der Waals surface area contributed by atoms with Gasteiger partial charge in [-0.3, -0.25) is 20.1 Å². The molecule has 1 aliphatic rings. The van der Waals surface area contributed by atoms with Crippen molar-refractivity contribution in [1.29, 1.82) is 0 Å². The zero-order valence-electron chi connectivity index (χ0n) is 21.5. The lowest BCUT2D eigenvalue weighted by Crippen LogP contribution is -2.14. The Morgan fingerprint density at radius 2 is 1.67 bits per heavy atom. The van der Waals surface area contributed by atoms with E-state index in [2.05, 4.69) is 65.2 Å². The van der Waals surface area contributed by atoms with Gasteiger partial charge in [-0.15, -0.1) is 0 Å². The second-order valence-corrected chi connectivity index (χ2v) is 10.2. The molecule has 1 aliphatic carbocycles. The summed E-state index contributed by atoms with van der Waals surface area (Å²) in [6.45, 7) is 4.32. The minimum Gasteiger partial charge on any atom is -0.358 e. The van der Waals surface area contributed by atoms with Crippen LogP contribution in [-0.2, 0) is 0 Å². The number of hydrogen-bond acceptors (Lipinski definition) is 6. The first-order valence-corrected chi connectivity index (χ1v) is 13.4. The first-order chi connectivity index (χ1) is 19.2. The van der Waals surface area contributed by atoms with Crippen LogP contribution in [0.2, 0.25) is 0 Å². The summed E-state index contributed by atoms with van der Waals surface area (Å²) in [5.41, 5.74) is 9.38. The van der Waals surface area contributed by atoms with Gasteiger partial charge in [0.25, 0.3) is 0 Å². The Hall–Kier alpha value is -4.85. The number of nitrogens with one attached hydrogen (secondary N) is 3. The number of aromatic amines is 2. The normalized spacial score (nSPS) is 14.2. The number of pyridine rings is 4. The van der Waals surface area contributed by atoms with E-state index in [9.17, 15) is 0 Å². The van der Waals surface area contributed by atoms with E-state index in [-0.39, 0.29) is 0 Å². The molecule has 0 amide bonds. The fourth-order valence-electron chi connectivity index (χ4n) is 5.60. The molecule has 0 spiro atoms. The van der Waals surface area contributed by atoms with Crippen LogP contribution in [-0.4, -0.2) is 35.1 Å². The van der Waals surface area contributed by atoms with Crippen molar-refractivity contribution in [1.82, 2.24) is 35.1 Å². The third-order valence-corrected chi connectivity index (χ3v) is 7.66. The molecule has 0 saturated heterocycles. The topological polar surface area (TPSA) is 108 Å². The van der Waals surface area contributed by atoms with E-state index in [1.807, 2.05) is 43.0 Å². The molecule has 6 heterocycles. The predicted molar refractivity (Wildman–Crippen MR) is 155 cm³/mol. The standard InChI is InChI=1S/C31H28N8/c1-19(20-5-3-2-4-6-20)36-24-13-22(16-33-18-24)23-14-26-30(38-39-31(26)35-17-23)28-15-25-27(37-28)9-12-34-29(25)21-7-10-32-11-8-21/h7-18,20,36-37H,1-6H2,(H,35,38,39). The fraction of sp³-hybridized carbons (Fsp3) is 0.194. The predicted octanol–water partition coefficient (Wildman–Crippen LogP) is 7.13. The van der Waals surface area contributed by atoms with E-state index >= 15 is 0 Å². The highest BCUT2D eigenvalue weighted by Crippen LogP contribution is 2.34. The van der Waals surface area contributed by atoms with E-state index in [1.54, 1.807) is 12.4 Å². The molecule has 1 saturated carbocycles. The third kappa shape index (κ3) is 4.44. The Balaban J connectivity index is 1.23. The lowest BCUT2D eigenvalue weighted by Gasteiger charge is -2.24. The Kier molecular flexibility index (Phi) is 5.85. The maximum absolute atomic E-state index is 4.65. The molecule has 0 aromatic carbocycles. The number of nitrogens with zero attached hydrogens (tertiary/aromatic N) is 5. The van der Waals surface area contributed by atoms with Gasteiger partial charge in [0.15, 0.2) is 5.65 Å². The highest BCUT2D eigenvalue weighted by molar-refractivity contribution is 6.00. The van der Waals surface area contributed by atoms with Gasteiger partial charge in [0.2, 0.25) is 0 Å². The van der Waals surface area contributed by atoms with Gasteiger partial charge in [0.1, 0.15) is 0 Å². The molecule has 39 heavy (non-hydrogen) atoms. The lowest BCUT2D eigenvalue weighted by molar-refractivity contribution is 0.405. The molecule has 6 aromatic heterocycles. The minimum atomic E-state index is 0.527. The largest absolute Gasteiger partial charge is 0.358 e. The van der Waals surface area contributed by atoms with Crippen LogP contribution in [0, 0.1) is 5.92 Å². The molecule has 7 rings (SSSR count). The van der Waals surface area contributed by atoms with Gasteiger partial charge in [-0.25, -0.2) is 4.98 Å². The summed E-state index contributed by atoms with van der Waals surface area (Å²) in [6, 6.07) is 12.3. The molecule has 0 radical (unpaired) electrons. The summed E-state index contributed by atoms with van der Waals surface area (Å²) in [6.07, 6.45) is 17.2. The van der Waals surface area contributed by atoms with Gasteiger partial charge in [-0.2, -0.15) is 5.10 Å². The Labute approximate surface area is 225 Å². The summed E-state index contributed by atoms with van der Waals surface area (Å²) in [5.74, 6) is 0.527. The fourth-order valence-corrected chi connectivity index (χ4v) is 5.60. The van der Waals surface area contributed by atoms with Crippen molar-refractivity contribution < 1.29 is 0 Å². The maximum atomic E-state index is 4.65. The quantitative estimate of drug-likeness (QED) is 0.219. The second-order valence-electron chi connectivity index (χ2n) is 10.2. The summed E-state index contributed by atoms with van der Waals surface area (Å²) in [7, 11) is 0. The van der Waals surface area contributed by atoms with Crippen LogP contribution in [0.25, 0.3) is 55.7 Å². The number of allylic oxidation sites excluding steroid dienone is 1. The number of H-pyrrole nitrogens is 2. The van der Waals surface area contributed by atoms with E-state index in [0.717, 1.165) is 61.4 Å². The number of rotatable bonds is 6. The number of aromatic nitrogens is 7. The molecule has 8 heteroatoms. The summed E-state index contributed by atoms with van der Waals surface area (Å²) < 4.78 is 0. The van der Waals surface area contributed by atoms with Gasteiger partial charge in [-0.05, 0) is 55.2 Å². The van der Waals surface area contributed by atoms with Crippen molar-refractivity contribution >= 4 is 27.6 Å². The Morgan fingerprint density at radius 3 is 2.54 bits per heavy atom. The van der Waals surface area contributed by atoms with Crippen molar-refractivity contribution in [3.05, 3.63) is 85.9 Å². The number of hydrogen-bond donors (Lipinski definition) is 3. The summed E-state index contributed by atoms with van der Waals surface area (Å²) in [5, 5.41) is 13.1. The van der Waals surface area contributed by atoms with Crippen LogP contribution in [0.1, 0.15) is 32.1 Å². The zero-order chi connectivity index (χ0) is 26.2. The van der Waals surface area contributed by atoms with Crippen molar-refractivity contribution in [2.75, 3.05) is 5.32 Å². The molecule has 0 atom stereocenters. The average Bonchev–Trinajstić information content (AvgIpc) is 3.62. The number of fused-ring (bicyclic) bond motifs is 2. The lowest BCUT2D eigenvalue weighted by atomic mass is 9.87. The van der Waals surface area contributed by atoms with Crippen molar-refractivity contribution in [2.24, 2.45) is 5.92 Å². The van der Waals surface area contributed by atoms with E-state index in [0.29, 0.717) is 11.6 Å². The van der Waals surface area contributed by atoms with E-state index in [4.69, 9.17) is 0 Å². The minimum absolute atomic E-state index is 0.527. The van der Waals surface area contributed by atoms with Gasteiger partial charge in [-0.1, -0.05) is 25.8 Å². The molecule has 6 aromatic rings. The summed E-state index contributed by atoms with van der Waals surface area (Å²) >= 11 is 0. The molecule has 0 bridgehead atoms. The first-order valence-electron chi connectivity index (χ1n) is 13.4. The zero-order valence-corrected chi connectivity index (χ0v) is 21.5. The molecule has 8 nitrogen and oxygen atoms in total. The highest BCUT2D eigenvalue weighted by atomic mass is 15.2. The highest BCUT2D eigenvalue weighted by Gasteiger charge is 2.18. The van der Waals surface area contributed by atoms with Crippen molar-refractivity contribution in [2.45, 2.75) is 32.1 Å². The molecular formula is C31H28N8. The van der Waals surface area contributed by atoms with Crippen molar-refractivity contribution in [3.63, 3.8) is 0 Å². The molecule has 1 fully saturated rings. The SMILES string of the molecule is C=C(Nc1cncc(-c2cnc3n[nH]c(-c4cc5c(-c6ccncc6)nccc5[nH]4)c3c2)c1)C1CCCCC1. The van der Waals surface area contributed by atoms with Gasteiger partial charge in [0.05, 0.1) is 29.0 Å². The van der Waals surface area contributed by atoms with Crippen LogP contribution in [0.5, 0.6) is 0 Å². The van der Waals surface area contributed by atoms with Crippen LogP contribution >= 0.6 is 0 Å². The van der Waals surface area contributed by atoms with Gasteiger partial charge in [0, 0.05) is 69.7 Å². The second kappa shape index (κ2) is 9.79. The average molecular weight is 513 g/mol. The van der Waals surface area contributed by atoms with E-state index in [1.165, 1.54) is 32.1 Å². The molecular weight excluding hydrogens is 484 g/mol. The van der Waals surface area contributed by atoms with Crippen LogP contribution in [0.4, 0.5) is 5.69 Å². The Morgan fingerprint density at radius 1 is 0.821 bits per heavy atom. The van der Waals surface area contributed by atoms with Crippen LogP contribution < -0.4 is 5.32 Å².